The van der Waals surface area contributed by atoms with Crippen molar-refractivity contribution in [3.63, 3.8) is 0 Å². The highest BCUT2D eigenvalue weighted by molar-refractivity contribution is 5.82. The smallest absolute Gasteiger partial charge is 0.230 e. The van der Waals surface area contributed by atoms with E-state index in [1.807, 2.05) is 23.1 Å². The summed E-state index contributed by atoms with van der Waals surface area (Å²) in [6.07, 6.45) is 2.02. The van der Waals surface area contributed by atoms with Crippen molar-refractivity contribution >= 4 is 5.91 Å². The van der Waals surface area contributed by atoms with Crippen LogP contribution >= 0.6 is 0 Å². The van der Waals surface area contributed by atoms with Gasteiger partial charge in [0.1, 0.15) is 0 Å². The van der Waals surface area contributed by atoms with E-state index >= 15 is 0 Å². The second-order valence-electron chi connectivity index (χ2n) is 6.05. The molecule has 1 amide bonds. The number of nitrogens with zero attached hydrogens (tertiary/aromatic N) is 1. The summed E-state index contributed by atoms with van der Waals surface area (Å²) >= 11 is 0. The van der Waals surface area contributed by atoms with Crippen molar-refractivity contribution in [2.45, 2.75) is 26.3 Å². The first kappa shape index (κ1) is 16.0. The molecule has 1 fully saturated rings. The maximum absolute atomic E-state index is 13.0. The van der Waals surface area contributed by atoms with Crippen molar-refractivity contribution in [2.24, 2.45) is 5.41 Å². The van der Waals surface area contributed by atoms with Crippen LogP contribution in [0.4, 0.5) is 0 Å². The van der Waals surface area contributed by atoms with Crippen LogP contribution in [0.1, 0.15) is 25.3 Å². The molecule has 4 heteroatoms. The van der Waals surface area contributed by atoms with Gasteiger partial charge in [0.2, 0.25) is 5.91 Å². The van der Waals surface area contributed by atoms with E-state index in [0.29, 0.717) is 19.7 Å². The SMILES string of the molecule is COCCN(Cc1ccccc1)C(=O)C1(C)CCCNC1. The quantitative estimate of drug-likeness (QED) is 0.872. The Bertz CT molecular complexity index is 441. The fraction of sp³-hybridized carbons (Fsp3) is 0.588. The number of hydrogen-bond acceptors (Lipinski definition) is 3. The molecule has 1 N–H and O–H groups in total. The van der Waals surface area contributed by atoms with E-state index in [1.165, 1.54) is 0 Å². The number of carbonyl (C=O) groups excluding carboxylic acids is 1. The lowest BCUT2D eigenvalue weighted by molar-refractivity contribution is -0.143. The maximum atomic E-state index is 13.0. The molecular weight excluding hydrogens is 264 g/mol. The first-order valence-electron chi connectivity index (χ1n) is 7.69. The van der Waals surface area contributed by atoms with Crippen LogP contribution in [0.5, 0.6) is 0 Å². The second kappa shape index (κ2) is 7.57. The number of nitrogens with one attached hydrogen (secondary N) is 1. The van der Waals surface area contributed by atoms with E-state index in [2.05, 4.69) is 24.4 Å². The average molecular weight is 290 g/mol. The van der Waals surface area contributed by atoms with Crippen LogP contribution < -0.4 is 5.32 Å². The van der Waals surface area contributed by atoms with E-state index in [9.17, 15) is 4.79 Å². The van der Waals surface area contributed by atoms with Crippen LogP contribution in [0.25, 0.3) is 0 Å². The Balaban J connectivity index is 2.09. The molecule has 4 nitrogen and oxygen atoms in total. The molecule has 0 saturated carbocycles. The lowest BCUT2D eigenvalue weighted by Crippen LogP contribution is -2.50. The zero-order valence-corrected chi connectivity index (χ0v) is 13.1. The Morgan fingerprint density at radius 3 is 2.76 bits per heavy atom. The number of amides is 1. The van der Waals surface area contributed by atoms with Crippen LogP contribution in [-0.4, -0.2) is 44.2 Å². The lowest BCUT2D eigenvalue weighted by Gasteiger charge is -2.37. The summed E-state index contributed by atoms with van der Waals surface area (Å²) in [7, 11) is 1.68. The third-order valence-electron chi connectivity index (χ3n) is 4.18. The summed E-state index contributed by atoms with van der Waals surface area (Å²) in [4.78, 5) is 14.9. The van der Waals surface area contributed by atoms with E-state index in [0.717, 1.165) is 31.5 Å². The molecule has 1 aliphatic heterocycles. The van der Waals surface area contributed by atoms with Crippen molar-refractivity contribution in [1.82, 2.24) is 10.2 Å². The highest BCUT2D eigenvalue weighted by atomic mass is 16.5. The number of methoxy groups -OCH3 is 1. The zero-order valence-electron chi connectivity index (χ0n) is 13.1. The molecule has 0 aromatic heterocycles. The minimum Gasteiger partial charge on any atom is -0.383 e. The van der Waals surface area contributed by atoms with Gasteiger partial charge in [-0.3, -0.25) is 4.79 Å². The topological polar surface area (TPSA) is 41.6 Å². The molecule has 0 aliphatic carbocycles. The largest absolute Gasteiger partial charge is 0.383 e. The van der Waals surface area contributed by atoms with Crippen molar-refractivity contribution < 1.29 is 9.53 Å². The summed E-state index contributed by atoms with van der Waals surface area (Å²) < 4.78 is 5.17. The highest BCUT2D eigenvalue weighted by Crippen LogP contribution is 2.28. The van der Waals surface area contributed by atoms with Crippen LogP contribution in [0.2, 0.25) is 0 Å². The van der Waals surface area contributed by atoms with E-state index in [1.54, 1.807) is 7.11 Å². The fourth-order valence-electron chi connectivity index (χ4n) is 2.88. The number of carbonyl (C=O) groups is 1. The number of benzene rings is 1. The summed E-state index contributed by atoms with van der Waals surface area (Å²) in [5.74, 6) is 0.232. The summed E-state index contributed by atoms with van der Waals surface area (Å²) in [6, 6.07) is 10.1. The van der Waals surface area contributed by atoms with Crippen LogP contribution in [0, 0.1) is 5.41 Å². The Morgan fingerprint density at radius 1 is 1.38 bits per heavy atom. The molecule has 1 aliphatic rings. The zero-order chi connectivity index (χ0) is 15.1. The van der Waals surface area contributed by atoms with Gasteiger partial charge in [-0.1, -0.05) is 30.3 Å². The third-order valence-corrected chi connectivity index (χ3v) is 4.18. The lowest BCUT2D eigenvalue weighted by atomic mass is 9.81. The molecule has 1 atom stereocenters. The van der Waals surface area contributed by atoms with Gasteiger partial charge in [0, 0.05) is 26.7 Å². The molecule has 21 heavy (non-hydrogen) atoms. The monoisotopic (exact) mass is 290 g/mol. The number of hydrogen-bond donors (Lipinski definition) is 1. The van der Waals surface area contributed by atoms with Gasteiger partial charge in [-0.25, -0.2) is 0 Å². The Labute approximate surface area is 127 Å². The molecule has 1 unspecified atom stereocenters. The molecule has 0 spiro atoms. The minimum atomic E-state index is -0.291. The van der Waals surface area contributed by atoms with Gasteiger partial charge < -0.3 is 15.0 Å². The average Bonchev–Trinajstić information content (AvgIpc) is 2.52. The minimum absolute atomic E-state index is 0.232. The first-order chi connectivity index (χ1) is 10.2. The summed E-state index contributed by atoms with van der Waals surface area (Å²) in [6.45, 7) is 5.72. The second-order valence-corrected chi connectivity index (χ2v) is 6.05. The Hall–Kier alpha value is -1.39. The molecular formula is C17H26N2O2. The van der Waals surface area contributed by atoms with Gasteiger partial charge in [0.15, 0.2) is 0 Å². The fourth-order valence-corrected chi connectivity index (χ4v) is 2.88. The van der Waals surface area contributed by atoms with Crippen molar-refractivity contribution in [1.29, 1.82) is 0 Å². The van der Waals surface area contributed by atoms with Gasteiger partial charge in [-0.2, -0.15) is 0 Å². The van der Waals surface area contributed by atoms with Crippen molar-refractivity contribution in [2.75, 3.05) is 33.4 Å². The number of ether oxygens (including phenoxy) is 1. The van der Waals surface area contributed by atoms with Crippen molar-refractivity contribution in [3.8, 4) is 0 Å². The van der Waals surface area contributed by atoms with Crippen LogP contribution in [0.15, 0.2) is 30.3 Å². The molecule has 0 radical (unpaired) electrons. The number of piperidine rings is 1. The predicted octanol–water partition coefficient (Wildman–Crippen LogP) is 2.05. The van der Waals surface area contributed by atoms with Crippen LogP contribution in [0.3, 0.4) is 0 Å². The standard InChI is InChI=1S/C17H26N2O2/c1-17(9-6-10-18-14-17)16(20)19(11-12-21-2)13-15-7-4-3-5-8-15/h3-5,7-8,18H,6,9-14H2,1-2H3. The van der Waals surface area contributed by atoms with Gasteiger partial charge >= 0.3 is 0 Å². The molecule has 2 rings (SSSR count). The van der Waals surface area contributed by atoms with Crippen LogP contribution in [-0.2, 0) is 16.1 Å². The molecule has 0 bridgehead atoms. The molecule has 1 heterocycles. The third kappa shape index (κ3) is 4.29. The van der Waals surface area contributed by atoms with E-state index in [4.69, 9.17) is 4.74 Å². The van der Waals surface area contributed by atoms with Gasteiger partial charge in [-0.05, 0) is 31.9 Å². The van der Waals surface area contributed by atoms with E-state index < -0.39 is 0 Å². The normalized spacial score (nSPS) is 22.0. The van der Waals surface area contributed by atoms with Gasteiger partial charge in [-0.15, -0.1) is 0 Å². The Morgan fingerprint density at radius 2 is 2.14 bits per heavy atom. The predicted molar refractivity (Wildman–Crippen MR) is 83.9 cm³/mol. The molecule has 1 aromatic carbocycles. The highest BCUT2D eigenvalue weighted by Gasteiger charge is 2.37. The molecule has 1 aromatic rings. The molecule has 1 saturated heterocycles. The Kier molecular flexibility index (Phi) is 5.76. The molecule has 116 valence electrons. The number of rotatable bonds is 6. The van der Waals surface area contributed by atoms with Crippen molar-refractivity contribution in [3.05, 3.63) is 35.9 Å². The van der Waals surface area contributed by atoms with E-state index in [-0.39, 0.29) is 11.3 Å². The maximum Gasteiger partial charge on any atom is 0.230 e. The first-order valence-corrected chi connectivity index (χ1v) is 7.69. The summed E-state index contributed by atoms with van der Waals surface area (Å²) in [5, 5.41) is 3.35. The summed E-state index contributed by atoms with van der Waals surface area (Å²) in [5.41, 5.74) is 0.871. The van der Waals surface area contributed by atoms with Gasteiger partial charge in [0.05, 0.1) is 12.0 Å². The van der Waals surface area contributed by atoms with Gasteiger partial charge in [0.25, 0.3) is 0 Å².